The van der Waals surface area contributed by atoms with Crippen LogP contribution in [-0.4, -0.2) is 18.0 Å². The zero-order valence-corrected chi connectivity index (χ0v) is 8.23. The summed E-state index contributed by atoms with van der Waals surface area (Å²) in [5, 5.41) is 2.52. The van der Waals surface area contributed by atoms with Gasteiger partial charge in [-0.15, -0.1) is 0 Å². The van der Waals surface area contributed by atoms with Crippen molar-refractivity contribution in [3.05, 3.63) is 48.7 Å². The Morgan fingerprint density at radius 1 is 1.50 bits per heavy atom. The van der Waals surface area contributed by atoms with Crippen LogP contribution in [0.25, 0.3) is 0 Å². The van der Waals surface area contributed by atoms with Gasteiger partial charge in [-0.3, -0.25) is 0 Å². The van der Waals surface area contributed by atoms with Gasteiger partial charge in [0.05, 0.1) is 0 Å². The maximum Gasteiger partial charge on any atom is 0.321 e. The lowest BCUT2D eigenvalue weighted by Gasteiger charge is -2.16. The van der Waals surface area contributed by atoms with Crippen molar-refractivity contribution in [3.8, 4) is 0 Å². The summed E-state index contributed by atoms with van der Waals surface area (Å²) in [6.45, 7) is 4.03. The van der Waals surface area contributed by atoms with Crippen LogP contribution in [0.15, 0.2) is 43.1 Å². The van der Waals surface area contributed by atoms with E-state index in [4.69, 9.17) is 0 Å². The van der Waals surface area contributed by atoms with Gasteiger partial charge in [0.15, 0.2) is 0 Å². The summed E-state index contributed by atoms with van der Waals surface area (Å²) in [5.74, 6) is 0. The topological polar surface area (TPSA) is 32.3 Å². The molecule has 14 heavy (non-hydrogen) atoms. The molecule has 0 unspecified atom stereocenters. The standard InChI is InChI=1S/C11H14N2O/c1-3-12-11(14)13(2)9-10-7-5-4-6-8-10/h3-8H,1,9H2,2H3,(H,12,14). The number of nitrogens with one attached hydrogen (secondary N) is 1. The molecule has 0 aliphatic carbocycles. The number of carbonyl (C=O) groups excluding carboxylic acids is 1. The van der Waals surface area contributed by atoms with Gasteiger partial charge in [0.25, 0.3) is 0 Å². The highest BCUT2D eigenvalue weighted by atomic mass is 16.2. The third-order valence-corrected chi connectivity index (χ3v) is 1.83. The maximum atomic E-state index is 11.3. The predicted octanol–water partition coefficient (Wildman–Crippen LogP) is 1.97. The van der Waals surface area contributed by atoms with Crippen molar-refractivity contribution in [2.75, 3.05) is 7.05 Å². The number of rotatable bonds is 3. The van der Waals surface area contributed by atoms with Crippen LogP contribution in [0.2, 0.25) is 0 Å². The average Bonchev–Trinajstić information content (AvgIpc) is 2.19. The SMILES string of the molecule is C=CNC(=O)N(C)Cc1ccccc1. The molecule has 0 heterocycles. The van der Waals surface area contributed by atoms with E-state index in [1.165, 1.54) is 6.20 Å². The van der Waals surface area contributed by atoms with E-state index >= 15 is 0 Å². The molecular weight excluding hydrogens is 176 g/mol. The monoisotopic (exact) mass is 190 g/mol. The molecule has 0 atom stereocenters. The van der Waals surface area contributed by atoms with E-state index in [9.17, 15) is 4.79 Å². The van der Waals surface area contributed by atoms with Gasteiger partial charge < -0.3 is 10.2 Å². The second kappa shape index (κ2) is 5.07. The molecule has 0 aromatic heterocycles. The highest BCUT2D eigenvalue weighted by Crippen LogP contribution is 2.02. The second-order valence-electron chi connectivity index (χ2n) is 3.00. The Balaban J connectivity index is 2.52. The Kier molecular flexibility index (Phi) is 3.73. The summed E-state index contributed by atoms with van der Waals surface area (Å²) in [6, 6.07) is 9.68. The molecule has 74 valence electrons. The summed E-state index contributed by atoms with van der Waals surface area (Å²) in [5.41, 5.74) is 1.11. The van der Waals surface area contributed by atoms with Crippen molar-refractivity contribution < 1.29 is 4.79 Å². The lowest BCUT2D eigenvalue weighted by molar-refractivity contribution is 0.211. The molecule has 0 aliphatic rings. The second-order valence-corrected chi connectivity index (χ2v) is 3.00. The summed E-state index contributed by atoms with van der Waals surface area (Å²) in [6.07, 6.45) is 1.38. The molecule has 1 rings (SSSR count). The predicted molar refractivity (Wildman–Crippen MR) is 56.6 cm³/mol. The number of urea groups is 1. The molecule has 3 heteroatoms. The summed E-state index contributed by atoms with van der Waals surface area (Å²) < 4.78 is 0. The van der Waals surface area contributed by atoms with Crippen molar-refractivity contribution in [1.82, 2.24) is 10.2 Å². The van der Waals surface area contributed by atoms with E-state index in [1.807, 2.05) is 30.3 Å². The van der Waals surface area contributed by atoms with Gasteiger partial charge in [0, 0.05) is 13.6 Å². The zero-order chi connectivity index (χ0) is 10.4. The molecule has 0 aliphatic heterocycles. The molecule has 0 bridgehead atoms. The van der Waals surface area contributed by atoms with Gasteiger partial charge in [-0.25, -0.2) is 4.79 Å². The van der Waals surface area contributed by atoms with Gasteiger partial charge in [-0.1, -0.05) is 36.9 Å². The largest absolute Gasteiger partial charge is 0.323 e. The van der Waals surface area contributed by atoms with Crippen LogP contribution in [0.3, 0.4) is 0 Å². The van der Waals surface area contributed by atoms with Crippen molar-refractivity contribution in [1.29, 1.82) is 0 Å². The van der Waals surface area contributed by atoms with E-state index in [1.54, 1.807) is 11.9 Å². The van der Waals surface area contributed by atoms with Gasteiger partial charge in [-0.2, -0.15) is 0 Å². The van der Waals surface area contributed by atoms with Crippen molar-refractivity contribution in [3.63, 3.8) is 0 Å². The van der Waals surface area contributed by atoms with Crippen molar-refractivity contribution in [2.24, 2.45) is 0 Å². The first-order valence-electron chi connectivity index (χ1n) is 4.40. The Morgan fingerprint density at radius 2 is 2.14 bits per heavy atom. The number of carbonyl (C=O) groups is 1. The van der Waals surface area contributed by atoms with Gasteiger partial charge >= 0.3 is 6.03 Å². The Hall–Kier alpha value is -1.77. The fourth-order valence-electron chi connectivity index (χ4n) is 1.13. The van der Waals surface area contributed by atoms with E-state index in [-0.39, 0.29) is 6.03 Å². The molecule has 0 saturated carbocycles. The van der Waals surface area contributed by atoms with E-state index in [0.717, 1.165) is 5.56 Å². The Bertz CT molecular complexity index is 308. The molecule has 3 nitrogen and oxygen atoms in total. The van der Waals surface area contributed by atoms with Crippen LogP contribution in [0.1, 0.15) is 5.56 Å². The average molecular weight is 190 g/mol. The molecule has 1 aromatic carbocycles. The van der Waals surface area contributed by atoms with E-state index in [0.29, 0.717) is 6.54 Å². The van der Waals surface area contributed by atoms with Crippen LogP contribution in [-0.2, 0) is 6.54 Å². The molecule has 0 radical (unpaired) electrons. The number of hydrogen-bond donors (Lipinski definition) is 1. The molecule has 1 N–H and O–H groups in total. The zero-order valence-electron chi connectivity index (χ0n) is 8.23. The lowest BCUT2D eigenvalue weighted by atomic mass is 10.2. The normalized spacial score (nSPS) is 9.21. The summed E-state index contributed by atoms with van der Waals surface area (Å²) in [7, 11) is 1.74. The number of amides is 2. The highest BCUT2D eigenvalue weighted by molar-refractivity contribution is 5.74. The molecule has 1 aromatic rings. The Morgan fingerprint density at radius 3 is 2.71 bits per heavy atom. The molecule has 2 amide bonds. The number of hydrogen-bond acceptors (Lipinski definition) is 1. The van der Waals surface area contributed by atoms with Gasteiger partial charge in [-0.05, 0) is 11.8 Å². The molecular formula is C11H14N2O. The fraction of sp³-hybridized carbons (Fsp3) is 0.182. The van der Waals surface area contributed by atoms with Crippen molar-refractivity contribution >= 4 is 6.03 Å². The molecule has 0 fully saturated rings. The number of nitrogens with zero attached hydrogens (tertiary/aromatic N) is 1. The smallest absolute Gasteiger partial charge is 0.321 e. The third kappa shape index (κ3) is 2.94. The maximum absolute atomic E-state index is 11.3. The first-order valence-corrected chi connectivity index (χ1v) is 4.40. The van der Waals surface area contributed by atoms with Crippen LogP contribution in [0.4, 0.5) is 4.79 Å². The van der Waals surface area contributed by atoms with Gasteiger partial charge in [0.2, 0.25) is 0 Å². The van der Waals surface area contributed by atoms with E-state index in [2.05, 4.69) is 11.9 Å². The van der Waals surface area contributed by atoms with Gasteiger partial charge in [0.1, 0.15) is 0 Å². The minimum absolute atomic E-state index is 0.149. The van der Waals surface area contributed by atoms with Crippen LogP contribution < -0.4 is 5.32 Å². The summed E-state index contributed by atoms with van der Waals surface area (Å²) in [4.78, 5) is 12.9. The minimum Gasteiger partial charge on any atom is -0.323 e. The quantitative estimate of drug-likeness (QED) is 0.776. The van der Waals surface area contributed by atoms with Crippen LogP contribution in [0.5, 0.6) is 0 Å². The third-order valence-electron chi connectivity index (χ3n) is 1.83. The van der Waals surface area contributed by atoms with Crippen LogP contribution >= 0.6 is 0 Å². The highest BCUT2D eigenvalue weighted by Gasteiger charge is 2.05. The summed E-state index contributed by atoms with van der Waals surface area (Å²) >= 11 is 0. The van der Waals surface area contributed by atoms with Crippen LogP contribution in [0, 0.1) is 0 Å². The lowest BCUT2D eigenvalue weighted by Crippen LogP contribution is -2.33. The fourth-order valence-corrected chi connectivity index (χ4v) is 1.13. The molecule has 0 spiro atoms. The van der Waals surface area contributed by atoms with E-state index < -0.39 is 0 Å². The number of benzene rings is 1. The first kappa shape index (κ1) is 10.3. The Labute approximate surface area is 84.0 Å². The first-order chi connectivity index (χ1) is 6.74. The molecule has 0 saturated heterocycles. The van der Waals surface area contributed by atoms with Crippen molar-refractivity contribution in [2.45, 2.75) is 6.54 Å². The minimum atomic E-state index is -0.149.